The molecule has 0 bridgehead atoms. The van der Waals surface area contributed by atoms with Gasteiger partial charge in [0.05, 0.1) is 13.2 Å². The molecule has 9 nitrogen and oxygen atoms in total. The molecule has 0 aromatic carbocycles. The van der Waals surface area contributed by atoms with Crippen LogP contribution in [-0.2, 0) is 32.7 Å². The molecule has 0 aromatic rings. The second-order valence-corrected chi connectivity index (χ2v) is 25.9. The molecule has 0 aliphatic carbocycles. The highest BCUT2D eigenvalue weighted by Crippen LogP contribution is 2.43. The van der Waals surface area contributed by atoms with Crippen LogP contribution in [0.5, 0.6) is 0 Å². The molecule has 85 heavy (non-hydrogen) atoms. The van der Waals surface area contributed by atoms with Gasteiger partial charge in [-0.05, 0) is 89.9 Å². The number of carbonyl (C=O) groups is 2. The van der Waals surface area contributed by atoms with E-state index in [0.29, 0.717) is 6.42 Å². The van der Waals surface area contributed by atoms with Gasteiger partial charge in [-0.15, -0.1) is 0 Å². The van der Waals surface area contributed by atoms with E-state index < -0.39 is 26.5 Å². The summed E-state index contributed by atoms with van der Waals surface area (Å²) in [7, 11) is -4.40. The number of rotatable bonds is 69. The minimum atomic E-state index is -4.40. The summed E-state index contributed by atoms with van der Waals surface area (Å²) in [5, 5.41) is 0. The zero-order chi connectivity index (χ0) is 61.6. The van der Waals surface area contributed by atoms with Crippen molar-refractivity contribution in [1.29, 1.82) is 0 Å². The highest BCUT2D eigenvalue weighted by atomic mass is 31.2. The summed E-state index contributed by atoms with van der Waals surface area (Å²) in [5.41, 5.74) is 5.40. The molecule has 0 saturated carbocycles. The molecule has 0 spiro atoms. The molecule has 0 saturated heterocycles. The third-order valence-corrected chi connectivity index (χ3v) is 17.0. The van der Waals surface area contributed by atoms with Crippen molar-refractivity contribution in [2.45, 2.75) is 367 Å². The SMILES string of the molecule is CCCCCCC/C=C\C/C=C\C/C=C\CCCCCCCCCCCCCCCCCCCCCCCCCCCCC(=O)OC(COC(=O)CCCCCCCCCC/C=C\C/C=C\C/C=C\CCCCCCC)COP(=O)(O)OCCN. The van der Waals surface area contributed by atoms with Crippen molar-refractivity contribution in [1.82, 2.24) is 0 Å². The Morgan fingerprint density at radius 1 is 0.353 bits per heavy atom. The molecule has 0 rings (SSSR count). The van der Waals surface area contributed by atoms with Crippen molar-refractivity contribution >= 4 is 19.8 Å². The number of ether oxygens (including phenoxy) is 2. The van der Waals surface area contributed by atoms with Crippen LogP contribution >= 0.6 is 7.82 Å². The van der Waals surface area contributed by atoms with Crippen molar-refractivity contribution < 1.29 is 37.6 Å². The average Bonchev–Trinajstić information content (AvgIpc) is 3.52. The van der Waals surface area contributed by atoms with Gasteiger partial charge in [-0.1, -0.05) is 331 Å². The van der Waals surface area contributed by atoms with Crippen LogP contribution in [-0.4, -0.2) is 49.3 Å². The van der Waals surface area contributed by atoms with E-state index in [4.69, 9.17) is 24.3 Å². The van der Waals surface area contributed by atoms with Crippen LogP contribution in [0.2, 0.25) is 0 Å². The summed E-state index contributed by atoms with van der Waals surface area (Å²) in [4.78, 5) is 35.3. The average molecular weight is 1210 g/mol. The molecule has 0 aliphatic rings. The quantitative estimate of drug-likeness (QED) is 0.0264. The van der Waals surface area contributed by atoms with Crippen LogP contribution in [0.15, 0.2) is 72.9 Å². The minimum Gasteiger partial charge on any atom is -0.462 e. The first-order chi connectivity index (χ1) is 41.8. The Morgan fingerprint density at radius 2 is 0.612 bits per heavy atom. The molecule has 0 fully saturated rings. The number of allylic oxidation sites excluding steroid dienone is 12. The maximum absolute atomic E-state index is 12.8. The monoisotopic (exact) mass is 1210 g/mol. The number of phosphoric ester groups is 1. The van der Waals surface area contributed by atoms with Crippen LogP contribution in [0.4, 0.5) is 0 Å². The predicted octanol–water partition coefficient (Wildman–Crippen LogP) is 24.0. The smallest absolute Gasteiger partial charge is 0.462 e. The van der Waals surface area contributed by atoms with E-state index in [1.165, 1.54) is 257 Å². The third-order valence-electron chi connectivity index (χ3n) is 16.1. The summed E-state index contributed by atoms with van der Waals surface area (Å²) >= 11 is 0. The number of phosphoric acid groups is 1. The molecule has 0 heterocycles. The fraction of sp³-hybridized carbons (Fsp3) is 0.813. The molecule has 0 aromatic heterocycles. The van der Waals surface area contributed by atoms with Gasteiger partial charge in [0.25, 0.3) is 0 Å². The van der Waals surface area contributed by atoms with Crippen molar-refractivity contribution in [2.75, 3.05) is 26.4 Å². The van der Waals surface area contributed by atoms with Crippen LogP contribution in [0.25, 0.3) is 0 Å². The van der Waals surface area contributed by atoms with Gasteiger partial charge in [0, 0.05) is 19.4 Å². The first kappa shape index (κ1) is 82.5. The normalized spacial score (nSPS) is 13.3. The maximum Gasteiger partial charge on any atom is 0.472 e. The van der Waals surface area contributed by atoms with Gasteiger partial charge in [0.2, 0.25) is 0 Å². The fourth-order valence-corrected chi connectivity index (χ4v) is 11.4. The Balaban J connectivity index is 3.79. The third kappa shape index (κ3) is 70.4. The molecular weight excluding hydrogens is 1070 g/mol. The summed E-state index contributed by atoms with van der Waals surface area (Å²) in [5.74, 6) is -0.822. The molecule has 0 amide bonds. The topological polar surface area (TPSA) is 134 Å². The van der Waals surface area contributed by atoms with Gasteiger partial charge in [-0.3, -0.25) is 18.6 Å². The van der Waals surface area contributed by atoms with Crippen LogP contribution in [0, 0.1) is 0 Å². The second-order valence-electron chi connectivity index (χ2n) is 24.5. The van der Waals surface area contributed by atoms with E-state index in [9.17, 15) is 19.0 Å². The van der Waals surface area contributed by atoms with E-state index in [1.54, 1.807) is 0 Å². The summed E-state index contributed by atoms with van der Waals surface area (Å²) < 4.78 is 33.2. The summed E-state index contributed by atoms with van der Waals surface area (Å²) in [6.07, 6.45) is 93.0. The molecular formula is C75H138NO8P. The van der Waals surface area contributed by atoms with Gasteiger partial charge in [-0.25, -0.2) is 4.57 Å². The van der Waals surface area contributed by atoms with E-state index in [0.717, 1.165) is 70.6 Å². The standard InChI is InChI=1S/C75H138NO8P/c1-3-5-7-9-11-13-15-17-19-21-23-25-27-28-29-30-31-32-33-34-35-36-37-38-39-40-41-42-43-44-46-48-50-52-54-56-58-60-62-64-66-68-75(78)84-73(72-83-85(79,80)82-70-69-76)71-81-74(77)67-65-63-61-59-57-55-53-51-49-47-45-26-24-22-20-18-16-14-12-10-8-6-4-2/h15-18,21-24,27-28,45,47,73H,3-14,19-20,25-26,29-44,46,48-72,76H2,1-2H3,(H,79,80)/b17-15-,18-16-,23-21-,24-22-,28-27-,47-45-. The van der Waals surface area contributed by atoms with Crippen molar-refractivity contribution in [3.05, 3.63) is 72.9 Å². The lowest BCUT2D eigenvalue weighted by atomic mass is 10.0. The van der Waals surface area contributed by atoms with E-state index in [2.05, 4.69) is 86.8 Å². The molecule has 0 aliphatic heterocycles. The van der Waals surface area contributed by atoms with Gasteiger partial charge in [-0.2, -0.15) is 0 Å². The van der Waals surface area contributed by atoms with Crippen LogP contribution < -0.4 is 5.73 Å². The molecule has 2 atom stereocenters. The maximum atomic E-state index is 12.8. The molecule has 10 heteroatoms. The van der Waals surface area contributed by atoms with E-state index in [1.807, 2.05) is 0 Å². The number of esters is 2. The molecule has 2 unspecified atom stereocenters. The number of carbonyl (C=O) groups excluding carboxylic acids is 2. The van der Waals surface area contributed by atoms with Crippen molar-refractivity contribution in [3.63, 3.8) is 0 Å². The summed E-state index contributed by atoms with van der Waals surface area (Å²) in [6, 6.07) is 0. The number of unbranched alkanes of at least 4 members (excludes halogenated alkanes) is 44. The minimum absolute atomic E-state index is 0.0519. The number of hydrogen-bond acceptors (Lipinski definition) is 8. The van der Waals surface area contributed by atoms with Crippen molar-refractivity contribution in [3.8, 4) is 0 Å². The van der Waals surface area contributed by atoms with Gasteiger partial charge >= 0.3 is 19.8 Å². The number of hydrogen-bond donors (Lipinski definition) is 2. The number of nitrogens with two attached hydrogens (primary N) is 1. The molecule has 0 radical (unpaired) electrons. The van der Waals surface area contributed by atoms with Gasteiger partial charge < -0.3 is 20.1 Å². The van der Waals surface area contributed by atoms with Gasteiger partial charge in [0.15, 0.2) is 6.10 Å². The first-order valence-electron chi connectivity index (χ1n) is 36.4. The van der Waals surface area contributed by atoms with E-state index in [-0.39, 0.29) is 38.6 Å². The predicted molar refractivity (Wildman–Crippen MR) is 367 cm³/mol. The Hall–Kier alpha value is -2.55. The zero-order valence-corrected chi connectivity index (χ0v) is 56.7. The Kier molecular flexibility index (Phi) is 68.4. The lowest BCUT2D eigenvalue weighted by Gasteiger charge is -2.19. The molecule has 496 valence electrons. The highest BCUT2D eigenvalue weighted by molar-refractivity contribution is 7.47. The fourth-order valence-electron chi connectivity index (χ4n) is 10.7. The van der Waals surface area contributed by atoms with E-state index >= 15 is 0 Å². The Morgan fingerprint density at radius 3 is 0.906 bits per heavy atom. The first-order valence-corrected chi connectivity index (χ1v) is 37.9. The largest absolute Gasteiger partial charge is 0.472 e. The highest BCUT2D eigenvalue weighted by Gasteiger charge is 2.26. The lowest BCUT2D eigenvalue weighted by Crippen LogP contribution is -2.29. The second kappa shape index (κ2) is 70.5. The summed E-state index contributed by atoms with van der Waals surface area (Å²) in [6.45, 7) is 3.76. The van der Waals surface area contributed by atoms with Crippen LogP contribution in [0.1, 0.15) is 361 Å². The lowest BCUT2D eigenvalue weighted by molar-refractivity contribution is -0.161. The Bertz CT molecular complexity index is 1620. The zero-order valence-electron chi connectivity index (χ0n) is 55.8. The Labute approximate surface area is 526 Å². The van der Waals surface area contributed by atoms with Crippen LogP contribution in [0.3, 0.4) is 0 Å². The van der Waals surface area contributed by atoms with Gasteiger partial charge in [0.1, 0.15) is 6.61 Å². The molecule has 3 N–H and O–H groups in total. The van der Waals surface area contributed by atoms with Crippen molar-refractivity contribution in [2.24, 2.45) is 5.73 Å².